The fourth-order valence-electron chi connectivity index (χ4n) is 1.73. The second-order valence-electron chi connectivity index (χ2n) is 5.27. The minimum Gasteiger partial charge on any atom is -0.312 e. The van der Waals surface area contributed by atoms with E-state index in [9.17, 15) is 4.39 Å². The van der Waals surface area contributed by atoms with Gasteiger partial charge in [0.2, 0.25) is 0 Å². The van der Waals surface area contributed by atoms with Gasteiger partial charge in [-0.15, -0.1) is 11.8 Å². The summed E-state index contributed by atoms with van der Waals surface area (Å²) >= 11 is 1.60. The molecule has 0 aliphatic rings. The third-order valence-electron chi connectivity index (χ3n) is 2.82. The van der Waals surface area contributed by atoms with Gasteiger partial charge in [-0.1, -0.05) is 13.8 Å². The molecule has 2 rings (SSSR count). The fourth-order valence-corrected chi connectivity index (χ4v) is 2.50. The lowest BCUT2D eigenvalue weighted by Crippen LogP contribution is -2.19. The van der Waals surface area contributed by atoms with Crippen LogP contribution in [0.4, 0.5) is 4.39 Å². The molecule has 112 valence electrons. The molecule has 1 N–H and O–H groups in total. The van der Waals surface area contributed by atoms with E-state index in [0.29, 0.717) is 11.7 Å². The van der Waals surface area contributed by atoms with Crippen molar-refractivity contribution < 1.29 is 4.39 Å². The van der Waals surface area contributed by atoms with Gasteiger partial charge in [-0.2, -0.15) is 0 Å². The monoisotopic (exact) mass is 305 g/mol. The number of nitrogens with one attached hydrogen (secondary N) is 1. The first-order valence-corrected chi connectivity index (χ1v) is 8.01. The van der Waals surface area contributed by atoms with Crippen molar-refractivity contribution in [1.29, 1.82) is 0 Å². The van der Waals surface area contributed by atoms with E-state index in [-0.39, 0.29) is 5.82 Å². The molecule has 0 unspecified atom stereocenters. The molecule has 21 heavy (non-hydrogen) atoms. The number of halogens is 1. The lowest BCUT2D eigenvalue weighted by atomic mass is 10.2. The second-order valence-corrected chi connectivity index (χ2v) is 6.32. The third kappa shape index (κ3) is 5.81. The van der Waals surface area contributed by atoms with E-state index in [1.54, 1.807) is 23.9 Å². The van der Waals surface area contributed by atoms with Gasteiger partial charge in [0.05, 0.1) is 5.75 Å². The standard InChI is InChI=1S/C16H20FN3S/c1-12(2)7-18-8-13-9-19-16(20-10-13)11-21-15-5-3-14(17)4-6-15/h3-6,9-10,12,18H,7-8,11H2,1-2H3. The van der Waals surface area contributed by atoms with E-state index in [4.69, 9.17) is 0 Å². The third-order valence-corrected chi connectivity index (χ3v) is 3.83. The number of rotatable bonds is 7. The van der Waals surface area contributed by atoms with E-state index in [1.165, 1.54) is 12.1 Å². The molecule has 3 nitrogen and oxygen atoms in total. The molecule has 0 radical (unpaired) electrons. The molecular weight excluding hydrogens is 285 g/mol. The van der Waals surface area contributed by atoms with Crippen LogP contribution in [0.25, 0.3) is 0 Å². The van der Waals surface area contributed by atoms with Crippen LogP contribution in [-0.2, 0) is 12.3 Å². The topological polar surface area (TPSA) is 37.8 Å². The van der Waals surface area contributed by atoms with Gasteiger partial charge in [0.15, 0.2) is 0 Å². The molecule has 0 saturated carbocycles. The Morgan fingerprint density at radius 3 is 2.43 bits per heavy atom. The summed E-state index contributed by atoms with van der Waals surface area (Å²) in [4.78, 5) is 9.74. The minimum atomic E-state index is -0.214. The fraction of sp³-hybridized carbons (Fsp3) is 0.375. The van der Waals surface area contributed by atoms with Gasteiger partial charge in [0.25, 0.3) is 0 Å². The van der Waals surface area contributed by atoms with Gasteiger partial charge in [0, 0.05) is 29.4 Å². The van der Waals surface area contributed by atoms with Crippen molar-refractivity contribution in [3.8, 4) is 0 Å². The number of hydrogen-bond acceptors (Lipinski definition) is 4. The molecule has 5 heteroatoms. The lowest BCUT2D eigenvalue weighted by molar-refractivity contribution is 0.551. The first-order valence-electron chi connectivity index (χ1n) is 7.02. The largest absolute Gasteiger partial charge is 0.312 e. The molecular formula is C16H20FN3S. The van der Waals surface area contributed by atoms with Crippen molar-refractivity contribution >= 4 is 11.8 Å². The summed E-state index contributed by atoms with van der Waals surface area (Å²) in [5, 5.41) is 3.36. The zero-order chi connectivity index (χ0) is 15.1. The maximum Gasteiger partial charge on any atom is 0.138 e. The Morgan fingerprint density at radius 2 is 1.81 bits per heavy atom. The highest BCUT2D eigenvalue weighted by Gasteiger charge is 2.01. The van der Waals surface area contributed by atoms with Crippen molar-refractivity contribution in [1.82, 2.24) is 15.3 Å². The summed E-state index contributed by atoms with van der Waals surface area (Å²) in [5.41, 5.74) is 1.09. The van der Waals surface area contributed by atoms with Crippen LogP contribution in [0.3, 0.4) is 0 Å². The maximum atomic E-state index is 12.8. The van der Waals surface area contributed by atoms with E-state index in [1.807, 2.05) is 12.4 Å². The van der Waals surface area contributed by atoms with Crippen LogP contribution in [0.5, 0.6) is 0 Å². The van der Waals surface area contributed by atoms with Crippen LogP contribution in [0, 0.1) is 11.7 Å². The molecule has 1 aromatic heterocycles. The summed E-state index contributed by atoms with van der Waals surface area (Å²) in [6, 6.07) is 6.47. The predicted octanol–water partition coefficient (Wildman–Crippen LogP) is 3.65. The number of thioether (sulfide) groups is 1. The Labute approximate surface area is 129 Å². The second kappa shape index (κ2) is 8.10. The van der Waals surface area contributed by atoms with Crippen LogP contribution in [-0.4, -0.2) is 16.5 Å². The summed E-state index contributed by atoms with van der Waals surface area (Å²) in [7, 11) is 0. The molecule has 0 aliphatic carbocycles. The van der Waals surface area contributed by atoms with Crippen molar-refractivity contribution in [2.24, 2.45) is 5.92 Å². The average molecular weight is 305 g/mol. The quantitative estimate of drug-likeness (QED) is 0.792. The van der Waals surface area contributed by atoms with Crippen molar-refractivity contribution in [2.75, 3.05) is 6.54 Å². The predicted molar refractivity (Wildman–Crippen MR) is 84.5 cm³/mol. The average Bonchev–Trinajstić information content (AvgIpc) is 2.48. The van der Waals surface area contributed by atoms with Crippen LogP contribution in [0.15, 0.2) is 41.6 Å². The Kier molecular flexibility index (Phi) is 6.14. The number of benzene rings is 1. The highest BCUT2D eigenvalue weighted by molar-refractivity contribution is 7.98. The molecule has 0 aliphatic heterocycles. The Morgan fingerprint density at radius 1 is 1.14 bits per heavy atom. The molecule has 1 aromatic carbocycles. The van der Waals surface area contributed by atoms with Gasteiger partial charge < -0.3 is 5.32 Å². The highest BCUT2D eigenvalue weighted by atomic mass is 32.2. The lowest BCUT2D eigenvalue weighted by Gasteiger charge is -2.07. The molecule has 0 amide bonds. The van der Waals surface area contributed by atoms with Gasteiger partial charge in [-0.25, -0.2) is 14.4 Å². The van der Waals surface area contributed by atoms with Crippen LogP contribution < -0.4 is 5.32 Å². The van der Waals surface area contributed by atoms with E-state index in [2.05, 4.69) is 29.1 Å². The summed E-state index contributed by atoms with van der Waals surface area (Å²) in [5.74, 6) is 1.90. The first kappa shape index (κ1) is 15.9. The van der Waals surface area contributed by atoms with Crippen molar-refractivity contribution in [2.45, 2.75) is 31.0 Å². The van der Waals surface area contributed by atoms with Gasteiger partial charge in [0.1, 0.15) is 11.6 Å². The summed E-state index contributed by atoms with van der Waals surface area (Å²) in [6.07, 6.45) is 3.72. The van der Waals surface area contributed by atoms with Crippen molar-refractivity contribution in [3.63, 3.8) is 0 Å². The normalized spacial score (nSPS) is 11.0. The first-order chi connectivity index (χ1) is 10.1. The smallest absolute Gasteiger partial charge is 0.138 e. The minimum absolute atomic E-state index is 0.214. The zero-order valence-electron chi connectivity index (χ0n) is 12.3. The Hall–Kier alpha value is -1.46. The Balaban J connectivity index is 1.80. The number of hydrogen-bond donors (Lipinski definition) is 1. The van der Waals surface area contributed by atoms with E-state index in [0.717, 1.165) is 29.4 Å². The van der Waals surface area contributed by atoms with E-state index >= 15 is 0 Å². The molecule has 0 bridgehead atoms. The molecule has 0 saturated heterocycles. The van der Waals surface area contributed by atoms with E-state index < -0.39 is 0 Å². The molecule has 0 fully saturated rings. The van der Waals surface area contributed by atoms with Crippen LogP contribution >= 0.6 is 11.8 Å². The zero-order valence-corrected chi connectivity index (χ0v) is 13.2. The summed E-state index contributed by atoms with van der Waals surface area (Å²) in [6.45, 7) is 6.14. The number of nitrogens with zero attached hydrogens (tertiary/aromatic N) is 2. The maximum absolute atomic E-state index is 12.8. The van der Waals surface area contributed by atoms with Crippen LogP contribution in [0.2, 0.25) is 0 Å². The summed E-state index contributed by atoms with van der Waals surface area (Å²) < 4.78 is 12.8. The van der Waals surface area contributed by atoms with Gasteiger partial charge >= 0.3 is 0 Å². The molecule has 1 heterocycles. The number of aromatic nitrogens is 2. The van der Waals surface area contributed by atoms with Crippen LogP contribution in [0.1, 0.15) is 25.2 Å². The Bertz CT molecular complexity index is 540. The van der Waals surface area contributed by atoms with Gasteiger partial charge in [-0.3, -0.25) is 0 Å². The molecule has 0 spiro atoms. The van der Waals surface area contributed by atoms with Gasteiger partial charge in [-0.05, 0) is 36.7 Å². The molecule has 0 atom stereocenters. The molecule has 2 aromatic rings. The van der Waals surface area contributed by atoms with Crippen molar-refractivity contribution in [3.05, 3.63) is 53.9 Å². The SMILES string of the molecule is CC(C)CNCc1cnc(CSc2ccc(F)cc2)nc1. The highest BCUT2D eigenvalue weighted by Crippen LogP contribution is 2.21.